The zero-order chi connectivity index (χ0) is 16.0. The molecule has 0 saturated heterocycles. The molecular weight excluding hydrogens is 284 g/mol. The molecule has 0 aliphatic carbocycles. The molecule has 9 nitrogen and oxygen atoms in total. The number of aromatic nitrogens is 1. The van der Waals surface area contributed by atoms with Gasteiger partial charge in [0.2, 0.25) is 0 Å². The number of aliphatic hydroxyl groups excluding tert-OH is 6. The molecule has 118 valence electrons. The first kappa shape index (κ1) is 17.4. The molecule has 0 spiro atoms. The van der Waals surface area contributed by atoms with Crippen molar-refractivity contribution in [2.75, 3.05) is 6.61 Å². The standard InChI is InChI=1S/C12H18N2O7/c15-5-7(16)8(17)9(18)10(19)12(21)14-11(20)6-1-3-13-4-2-6/h1-4,7-10,12,15-19,21H,5H2,(H,14,20)/t7-,8-,9+,10-,12?/m1/s1. The van der Waals surface area contributed by atoms with Crippen molar-refractivity contribution in [1.29, 1.82) is 0 Å². The Morgan fingerprint density at radius 2 is 1.62 bits per heavy atom. The van der Waals surface area contributed by atoms with Crippen molar-refractivity contribution in [2.45, 2.75) is 30.6 Å². The Bertz CT molecular complexity index is 444. The van der Waals surface area contributed by atoms with Crippen LogP contribution in [0.3, 0.4) is 0 Å². The van der Waals surface area contributed by atoms with Crippen molar-refractivity contribution in [3.63, 3.8) is 0 Å². The van der Waals surface area contributed by atoms with Crippen LogP contribution in [0.4, 0.5) is 0 Å². The summed E-state index contributed by atoms with van der Waals surface area (Å²) in [4.78, 5) is 15.4. The monoisotopic (exact) mass is 302 g/mol. The Morgan fingerprint density at radius 1 is 1.05 bits per heavy atom. The first-order valence-corrected chi connectivity index (χ1v) is 6.10. The summed E-state index contributed by atoms with van der Waals surface area (Å²) in [7, 11) is 0. The summed E-state index contributed by atoms with van der Waals surface area (Å²) >= 11 is 0. The van der Waals surface area contributed by atoms with Gasteiger partial charge in [-0.3, -0.25) is 9.78 Å². The lowest BCUT2D eigenvalue weighted by Gasteiger charge is -2.28. The van der Waals surface area contributed by atoms with Gasteiger partial charge in [0, 0.05) is 18.0 Å². The smallest absolute Gasteiger partial charge is 0.253 e. The molecule has 9 heteroatoms. The van der Waals surface area contributed by atoms with E-state index in [9.17, 15) is 25.2 Å². The van der Waals surface area contributed by atoms with Gasteiger partial charge in [0.05, 0.1) is 6.61 Å². The van der Waals surface area contributed by atoms with Crippen LogP contribution in [-0.4, -0.2) is 78.8 Å². The summed E-state index contributed by atoms with van der Waals surface area (Å²) in [6.45, 7) is -0.843. The van der Waals surface area contributed by atoms with Crippen LogP contribution >= 0.6 is 0 Å². The van der Waals surface area contributed by atoms with Gasteiger partial charge in [-0.25, -0.2) is 0 Å². The molecule has 0 aliphatic heterocycles. The van der Waals surface area contributed by atoms with Gasteiger partial charge in [0.1, 0.15) is 24.4 Å². The van der Waals surface area contributed by atoms with E-state index in [2.05, 4.69) is 4.98 Å². The minimum absolute atomic E-state index is 0.168. The Morgan fingerprint density at radius 3 is 2.14 bits per heavy atom. The van der Waals surface area contributed by atoms with Crippen LogP contribution in [0.1, 0.15) is 10.4 Å². The van der Waals surface area contributed by atoms with E-state index in [1.54, 1.807) is 0 Å². The highest BCUT2D eigenvalue weighted by Crippen LogP contribution is 2.08. The predicted molar refractivity (Wildman–Crippen MR) is 68.8 cm³/mol. The molecule has 0 bridgehead atoms. The van der Waals surface area contributed by atoms with Crippen LogP contribution < -0.4 is 5.32 Å². The number of hydrogen-bond donors (Lipinski definition) is 7. The van der Waals surface area contributed by atoms with Gasteiger partial charge in [0.15, 0.2) is 6.23 Å². The quantitative estimate of drug-likeness (QED) is 0.256. The van der Waals surface area contributed by atoms with Crippen molar-refractivity contribution >= 4 is 5.91 Å². The van der Waals surface area contributed by atoms with Crippen molar-refractivity contribution in [2.24, 2.45) is 0 Å². The number of rotatable bonds is 7. The van der Waals surface area contributed by atoms with Gasteiger partial charge in [-0.1, -0.05) is 0 Å². The summed E-state index contributed by atoms with van der Waals surface area (Å²) in [6, 6.07) is 2.74. The third-order valence-electron chi connectivity index (χ3n) is 2.83. The molecule has 0 fully saturated rings. The van der Waals surface area contributed by atoms with Crippen LogP contribution in [0.25, 0.3) is 0 Å². The highest BCUT2D eigenvalue weighted by Gasteiger charge is 2.34. The van der Waals surface area contributed by atoms with E-state index in [1.165, 1.54) is 24.5 Å². The largest absolute Gasteiger partial charge is 0.394 e. The van der Waals surface area contributed by atoms with E-state index in [0.29, 0.717) is 0 Å². The molecule has 1 amide bonds. The van der Waals surface area contributed by atoms with Crippen molar-refractivity contribution in [3.8, 4) is 0 Å². The first-order valence-electron chi connectivity index (χ1n) is 6.10. The Balaban J connectivity index is 2.62. The maximum Gasteiger partial charge on any atom is 0.253 e. The average Bonchev–Trinajstić information content (AvgIpc) is 2.52. The van der Waals surface area contributed by atoms with Crippen molar-refractivity contribution < 1.29 is 35.4 Å². The Kier molecular flexibility index (Phi) is 6.62. The lowest BCUT2D eigenvalue weighted by molar-refractivity contribution is -0.143. The normalized spacial score (nSPS) is 18.4. The fourth-order valence-corrected chi connectivity index (χ4v) is 1.53. The number of hydrogen-bond acceptors (Lipinski definition) is 8. The van der Waals surface area contributed by atoms with Crippen LogP contribution in [0, 0.1) is 0 Å². The second kappa shape index (κ2) is 7.98. The molecule has 1 unspecified atom stereocenters. The molecule has 1 aromatic heterocycles. The number of aliphatic hydroxyl groups is 6. The van der Waals surface area contributed by atoms with Crippen LogP contribution in [0.2, 0.25) is 0 Å². The maximum atomic E-state index is 11.7. The summed E-state index contributed by atoms with van der Waals surface area (Å²) < 4.78 is 0. The van der Waals surface area contributed by atoms with Crippen LogP contribution in [0.5, 0.6) is 0 Å². The van der Waals surface area contributed by atoms with Gasteiger partial charge < -0.3 is 36.0 Å². The summed E-state index contributed by atoms with van der Waals surface area (Å²) in [6.07, 6.45) is -6.70. The summed E-state index contributed by atoms with van der Waals surface area (Å²) in [5.74, 6) is -0.728. The molecule has 1 rings (SSSR count). The maximum absolute atomic E-state index is 11.7. The van der Waals surface area contributed by atoms with E-state index < -0.39 is 43.2 Å². The lowest BCUT2D eigenvalue weighted by Crippen LogP contribution is -2.54. The average molecular weight is 302 g/mol. The SMILES string of the molecule is O=C(NC(O)[C@H](O)[C@@H](O)[C@H](O)[C@H](O)CO)c1ccncc1. The molecule has 0 aliphatic rings. The second-order valence-electron chi connectivity index (χ2n) is 4.38. The summed E-state index contributed by atoms with van der Waals surface area (Å²) in [5.41, 5.74) is 0.168. The molecular formula is C12H18N2O7. The number of carbonyl (C=O) groups excluding carboxylic acids is 1. The van der Waals surface area contributed by atoms with E-state index in [1.807, 2.05) is 5.32 Å². The van der Waals surface area contributed by atoms with E-state index in [0.717, 1.165) is 0 Å². The molecule has 7 N–H and O–H groups in total. The predicted octanol–water partition coefficient (Wildman–Crippen LogP) is -3.43. The third kappa shape index (κ3) is 4.70. The lowest BCUT2D eigenvalue weighted by atomic mass is 10.0. The van der Waals surface area contributed by atoms with E-state index in [-0.39, 0.29) is 5.56 Å². The summed E-state index contributed by atoms with van der Waals surface area (Å²) in [5, 5.41) is 58.0. The number of carbonyl (C=O) groups is 1. The van der Waals surface area contributed by atoms with Gasteiger partial charge in [0.25, 0.3) is 5.91 Å². The van der Waals surface area contributed by atoms with Gasteiger partial charge in [-0.15, -0.1) is 0 Å². The van der Waals surface area contributed by atoms with Crippen LogP contribution in [-0.2, 0) is 0 Å². The Labute approximate surface area is 120 Å². The molecule has 1 heterocycles. The molecule has 1 aromatic rings. The molecule has 0 aromatic carbocycles. The van der Waals surface area contributed by atoms with Gasteiger partial charge in [-0.05, 0) is 12.1 Å². The molecule has 21 heavy (non-hydrogen) atoms. The van der Waals surface area contributed by atoms with Crippen molar-refractivity contribution in [1.82, 2.24) is 10.3 Å². The van der Waals surface area contributed by atoms with Crippen LogP contribution in [0.15, 0.2) is 24.5 Å². The number of pyridine rings is 1. The number of nitrogens with zero attached hydrogens (tertiary/aromatic N) is 1. The van der Waals surface area contributed by atoms with Gasteiger partial charge in [-0.2, -0.15) is 0 Å². The van der Waals surface area contributed by atoms with E-state index >= 15 is 0 Å². The Hall–Kier alpha value is -1.62. The van der Waals surface area contributed by atoms with Crippen molar-refractivity contribution in [3.05, 3.63) is 30.1 Å². The fraction of sp³-hybridized carbons (Fsp3) is 0.500. The fourth-order valence-electron chi connectivity index (χ4n) is 1.53. The minimum Gasteiger partial charge on any atom is -0.394 e. The zero-order valence-electron chi connectivity index (χ0n) is 10.9. The third-order valence-corrected chi connectivity index (χ3v) is 2.83. The van der Waals surface area contributed by atoms with E-state index in [4.69, 9.17) is 10.2 Å². The number of amides is 1. The second-order valence-corrected chi connectivity index (χ2v) is 4.38. The molecule has 5 atom stereocenters. The molecule has 0 radical (unpaired) electrons. The number of nitrogens with one attached hydrogen (secondary N) is 1. The topological polar surface area (TPSA) is 163 Å². The minimum atomic E-state index is -1.97. The highest BCUT2D eigenvalue weighted by atomic mass is 16.4. The first-order chi connectivity index (χ1) is 9.88. The zero-order valence-corrected chi connectivity index (χ0v) is 10.9. The molecule has 0 saturated carbocycles. The van der Waals surface area contributed by atoms with Gasteiger partial charge >= 0.3 is 0 Å². The highest BCUT2D eigenvalue weighted by molar-refractivity contribution is 5.94.